The number of aliphatic hydroxyl groups excluding tert-OH is 1. The van der Waals surface area contributed by atoms with Gasteiger partial charge in [0.2, 0.25) is 0 Å². The van der Waals surface area contributed by atoms with Crippen LogP contribution in [0, 0.1) is 11.8 Å². The number of ether oxygens (including phenoxy) is 1. The molecular formula is C18H27NO3. The topological polar surface area (TPSA) is 58.6 Å². The van der Waals surface area contributed by atoms with Crippen molar-refractivity contribution in [2.45, 2.75) is 44.9 Å². The van der Waals surface area contributed by atoms with Crippen LogP contribution in [0.5, 0.6) is 0 Å². The zero-order chi connectivity index (χ0) is 16.1. The first kappa shape index (κ1) is 17.1. The Kier molecular flexibility index (Phi) is 6.12. The van der Waals surface area contributed by atoms with Crippen molar-refractivity contribution in [1.29, 1.82) is 0 Å². The van der Waals surface area contributed by atoms with E-state index in [9.17, 15) is 9.90 Å². The summed E-state index contributed by atoms with van der Waals surface area (Å²) in [6.07, 6.45) is 1.46. The molecule has 122 valence electrons. The molecule has 1 aromatic carbocycles. The van der Waals surface area contributed by atoms with Crippen LogP contribution in [0.2, 0.25) is 0 Å². The summed E-state index contributed by atoms with van der Waals surface area (Å²) in [4.78, 5) is 12.2. The minimum absolute atomic E-state index is 0.00420. The molecule has 2 N–H and O–H groups in total. The molecule has 0 spiro atoms. The Hall–Kier alpha value is -1.23. The molecule has 5 atom stereocenters. The molecule has 22 heavy (non-hydrogen) atoms. The van der Waals surface area contributed by atoms with Crippen molar-refractivity contribution in [3.8, 4) is 0 Å². The molecule has 0 bridgehead atoms. The van der Waals surface area contributed by atoms with Gasteiger partial charge in [-0.2, -0.15) is 0 Å². The fourth-order valence-corrected chi connectivity index (χ4v) is 3.47. The number of carbonyl (C=O) groups is 1. The second kappa shape index (κ2) is 7.86. The van der Waals surface area contributed by atoms with Gasteiger partial charge in [-0.1, -0.05) is 50.6 Å². The molecule has 0 saturated heterocycles. The van der Waals surface area contributed by atoms with Gasteiger partial charge in [0.15, 0.2) is 5.78 Å². The van der Waals surface area contributed by atoms with Crippen LogP contribution >= 0.6 is 0 Å². The molecule has 0 radical (unpaired) electrons. The van der Waals surface area contributed by atoms with Crippen LogP contribution in [0.15, 0.2) is 30.3 Å². The molecular weight excluding hydrogens is 278 g/mol. The molecule has 2 rings (SSSR count). The summed E-state index contributed by atoms with van der Waals surface area (Å²) in [5.74, 6) is 0.393. The molecule has 0 amide bonds. The second-order valence-electron chi connectivity index (χ2n) is 6.22. The van der Waals surface area contributed by atoms with Crippen molar-refractivity contribution in [3.63, 3.8) is 0 Å². The monoisotopic (exact) mass is 305 g/mol. The van der Waals surface area contributed by atoms with E-state index in [1.807, 2.05) is 37.3 Å². The number of hydrogen-bond acceptors (Lipinski definition) is 4. The average molecular weight is 305 g/mol. The predicted octanol–water partition coefficient (Wildman–Crippen LogP) is 2.27. The number of aliphatic hydroxyl groups is 1. The third-order valence-electron chi connectivity index (χ3n) is 4.94. The van der Waals surface area contributed by atoms with Gasteiger partial charge in [-0.3, -0.25) is 4.79 Å². The lowest BCUT2D eigenvalue weighted by Gasteiger charge is -2.43. The Bertz CT molecular complexity index is 474. The number of carbonyl (C=O) groups excluding carboxylic acids is 1. The number of Topliss-reactive ketones (excluding diaryl/α,β-unsaturated/α-hetero) is 1. The molecule has 0 heterocycles. The highest BCUT2D eigenvalue weighted by Gasteiger charge is 2.41. The maximum absolute atomic E-state index is 12.2. The third-order valence-corrected chi connectivity index (χ3v) is 4.94. The van der Waals surface area contributed by atoms with Crippen molar-refractivity contribution < 1.29 is 14.6 Å². The molecule has 0 aliphatic heterocycles. The molecule has 1 aliphatic carbocycles. The van der Waals surface area contributed by atoms with E-state index in [0.29, 0.717) is 5.56 Å². The van der Waals surface area contributed by atoms with Crippen LogP contribution in [0.1, 0.15) is 37.0 Å². The second-order valence-corrected chi connectivity index (χ2v) is 6.22. The van der Waals surface area contributed by atoms with E-state index in [0.717, 1.165) is 12.8 Å². The zero-order valence-electron chi connectivity index (χ0n) is 13.7. The van der Waals surface area contributed by atoms with E-state index in [4.69, 9.17) is 4.74 Å². The minimum Gasteiger partial charge on any atom is -0.392 e. The summed E-state index contributed by atoms with van der Waals surface area (Å²) in [6.45, 7) is 4.39. The smallest absolute Gasteiger partial charge is 0.176 e. The standard InChI is InChI=1S/C18H27NO3/c1-4-13-10-16(22-3)17(12(2)18(13)21)19-11-15(20)14-8-6-5-7-9-14/h5-9,12-13,16-19,21H,4,10-11H2,1-3H3/t12-,13?,16?,17?,18+/m1/s1. The fourth-order valence-electron chi connectivity index (χ4n) is 3.47. The summed E-state index contributed by atoms with van der Waals surface area (Å²) in [6, 6.07) is 9.27. The van der Waals surface area contributed by atoms with Gasteiger partial charge in [0, 0.05) is 24.6 Å². The highest BCUT2D eigenvalue weighted by molar-refractivity contribution is 5.97. The summed E-state index contributed by atoms with van der Waals surface area (Å²) in [7, 11) is 1.70. The normalized spacial score (nSPS) is 31.9. The van der Waals surface area contributed by atoms with Crippen LogP contribution in [0.4, 0.5) is 0 Å². The number of methoxy groups -OCH3 is 1. The molecule has 1 aromatic rings. The van der Waals surface area contributed by atoms with Gasteiger partial charge in [0.1, 0.15) is 0 Å². The zero-order valence-corrected chi connectivity index (χ0v) is 13.7. The van der Waals surface area contributed by atoms with E-state index in [-0.39, 0.29) is 42.4 Å². The van der Waals surface area contributed by atoms with Crippen LogP contribution in [-0.4, -0.2) is 42.8 Å². The van der Waals surface area contributed by atoms with E-state index in [1.165, 1.54) is 0 Å². The molecule has 4 heteroatoms. The Morgan fingerprint density at radius 2 is 2.05 bits per heavy atom. The lowest BCUT2D eigenvalue weighted by molar-refractivity contribution is -0.0698. The Morgan fingerprint density at radius 1 is 1.36 bits per heavy atom. The third kappa shape index (κ3) is 3.75. The number of ketones is 1. The van der Waals surface area contributed by atoms with E-state index in [1.54, 1.807) is 7.11 Å². The Balaban J connectivity index is 1.99. The first-order chi connectivity index (χ1) is 10.6. The molecule has 1 aliphatic rings. The van der Waals surface area contributed by atoms with E-state index < -0.39 is 0 Å². The van der Waals surface area contributed by atoms with Crippen LogP contribution in [0.25, 0.3) is 0 Å². The van der Waals surface area contributed by atoms with Gasteiger partial charge >= 0.3 is 0 Å². The molecule has 0 aromatic heterocycles. The van der Waals surface area contributed by atoms with Gasteiger partial charge in [0.25, 0.3) is 0 Å². The summed E-state index contributed by atoms with van der Waals surface area (Å²) >= 11 is 0. The molecule has 1 fully saturated rings. The predicted molar refractivity (Wildman–Crippen MR) is 86.9 cm³/mol. The van der Waals surface area contributed by atoms with Crippen molar-refractivity contribution in [2.24, 2.45) is 11.8 Å². The van der Waals surface area contributed by atoms with E-state index in [2.05, 4.69) is 12.2 Å². The first-order valence-electron chi connectivity index (χ1n) is 8.11. The Labute approximate surface area is 132 Å². The largest absolute Gasteiger partial charge is 0.392 e. The lowest BCUT2D eigenvalue weighted by Crippen LogP contribution is -2.56. The number of benzene rings is 1. The van der Waals surface area contributed by atoms with Crippen molar-refractivity contribution in [2.75, 3.05) is 13.7 Å². The first-order valence-corrected chi connectivity index (χ1v) is 8.11. The summed E-state index contributed by atoms with van der Waals surface area (Å²) < 4.78 is 5.61. The number of nitrogens with one attached hydrogen (secondary N) is 1. The number of rotatable bonds is 6. The fraction of sp³-hybridized carbons (Fsp3) is 0.611. The highest BCUT2D eigenvalue weighted by atomic mass is 16.5. The average Bonchev–Trinajstić information content (AvgIpc) is 2.56. The van der Waals surface area contributed by atoms with E-state index >= 15 is 0 Å². The van der Waals surface area contributed by atoms with Crippen molar-refractivity contribution in [1.82, 2.24) is 5.32 Å². The summed E-state index contributed by atoms with van der Waals surface area (Å²) in [5.41, 5.74) is 0.708. The Morgan fingerprint density at radius 3 is 2.64 bits per heavy atom. The summed E-state index contributed by atoms with van der Waals surface area (Å²) in [5, 5.41) is 13.7. The van der Waals surface area contributed by atoms with Crippen LogP contribution in [-0.2, 0) is 4.74 Å². The number of hydrogen-bond donors (Lipinski definition) is 2. The minimum atomic E-state index is -0.347. The van der Waals surface area contributed by atoms with Crippen molar-refractivity contribution in [3.05, 3.63) is 35.9 Å². The van der Waals surface area contributed by atoms with Gasteiger partial charge in [-0.15, -0.1) is 0 Å². The highest BCUT2D eigenvalue weighted by Crippen LogP contribution is 2.33. The molecule has 4 nitrogen and oxygen atoms in total. The van der Waals surface area contributed by atoms with Crippen LogP contribution < -0.4 is 5.32 Å². The molecule has 3 unspecified atom stereocenters. The van der Waals surface area contributed by atoms with Gasteiger partial charge in [-0.25, -0.2) is 0 Å². The molecule has 1 saturated carbocycles. The maximum Gasteiger partial charge on any atom is 0.176 e. The lowest BCUT2D eigenvalue weighted by atomic mass is 9.73. The maximum atomic E-state index is 12.2. The van der Waals surface area contributed by atoms with Gasteiger partial charge in [0.05, 0.1) is 18.8 Å². The van der Waals surface area contributed by atoms with Gasteiger partial charge < -0.3 is 15.2 Å². The van der Waals surface area contributed by atoms with Crippen molar-refractivity contribution >= 4 is 5.78 Å². The van der Waals surface area contributed by atoms with Gasteiger partial charge in [-0.05, 0) is 12.3 Å². The SMILES string of the molecule is CCC1CC(OC)C(NCC(=O)c2ccccc2)[C@@H](C)[C@@H]1O. The van der Waals surface area contributed by atoms with Crippen LogP contribution in [0.3, 0.4) is 0 Å². The quantitative estimate of drug-likeness (QED) is 0.792.